The van der Waals surface area contributed by atoms with E-state index >= 15 is 0 Å². The zero-order valence-corrected chi connectivity index (χ0v) is 33.6. The molecule has 62 heavy (non-hydrogen) atoms. The number of rotatable bonds is 7. The molecular formula is C57H37N5. The molecule has 3 aromatic heterocycles. The van der Waals surface area contributed by atoms with E-state index in [1.165, 1.54) is 32.6 Å². The number of fused-ring (bicyclic) bond motifs is 6. The van der Waals surface area contributed by atoms with Crippen LogP contribution in [0.3, 0.4) is 0 Å². The second-order valence-electron chi connectivity index (χ2n) is 15.6. The van der Waals surface area contributed by atoms with Gasteiger partial charge in [-0.25, -0.2) is 15.0 Å². The lowest BCUT2D eigenvalue weighted by Gasteiger charge is -2.16. The number of nitrogens with zero attached hydrogens (tertiary/aromatic N) is 5. The van der Waals surface area contributed by atoms with Crippen molar-refractivity contribution in [2.75, 3.05) is 0 Å². The lowest BCUT2D eigenvalue weighted by molar-refractivity contribution is 1.07. The van der Waals surface area contributed by atoms with Gasteiger partial charge in [-0.1, -0.05) is 176 Å². The third-order valence-corrected chi connectivity index (χ3v) is 11.9. The van der Waals surface area contributed by atoms with Gasteiger partial charge in [0.25, 0.3) is 0 Å². The van der Waals surface area contributed by atoms with Gasteiger partial charge < -0.3 is 9.13 Å². The van der Waals surface area contributed by atoms with Gasteiger partial charge in [0.1, 0.15) is 0 Å². The van der Waals surface area contributed by atoms with E-state index in [-0.39, 0.29) is 0 Å². The van der Waals surface area contributed by atoms with Gasteiger partial charge in [0.2, 0.25) is 0 Å². The van der Waals surface area contributed by atoms with E-state index < -0.39 is 0 Å². The Kier molecular flexibility index (Phi) is 8.42. The Labute approximate surface area is 358 Å². The first-order valence-electron chi connectivity index (χ1n) is 20.9. The lowest BCUT2D eigenvalue weighted by Crippen LogP contribution is -2.02. The minimum atomic E-state index is 0.608. The van der Waals surface area contributed by atoms with Crippen LogP contribution < -0.4 is 0 Å². The molecule has 0 radical (unpaired) electrons. The maximum Gasteiger partial charge on any atom is 0.164 e. The van der Waals surface area contributed by atoms with Crippen LogP contribution in [-0.2, 0) is 0 Å². The van der Waals surface area contributed by atoms with Gasteiger partial charge in [-0.15, -0.1) is 0 Å². The molecule has 0 fully saturated rings. The number of hydrogen-bond acceptors (Lipinski definition) is 3. The molecule has 0 atom stereocenters. The van der Waals surface area contributed by atoms with Crippen molar-refractivity contribution in [1.82, 2.24) is 24.1 Å². The normalized spacial score (nSPS) is 11.5. The molecule has 0 N–H and O–H groups in total. The van der Waals surface area contributed by atoms with Gasteiger partial charge in [-0.3, -0.25) is 0 Å². The summed E-state index contributed by atoms with van der Waals surface area (Å²) in [5, 5.41) is 4.84. The van der Waals surface area contributed by atoms with Gasteiger partial charge in [0.05, 0.1) is 22.1 Å². The number of aromatic nitrogens is 5. The molecule has 0 spiro atoms. The van der Waals surface area contributed by atoms with Gasteiger partial charge >= 0.3 is 0 Å². The third-order valence-electron chi connectivity index (χ3n) is 11.9. The first-order valence-corrected chi connectivity index (χ1v) is 20.9. The number of benzene rings is 9. The van der Waals surface area contributed by atoms with Crippen LogP contribution in [-0.4, -0.2) is 24.1 Å². The van der Waals surface area contributed by atoms with E-state index in [1.807, 2.05) is 36.4 Å². The predicted octanol–water partition coefficient (Wildman–Crippen LogP) is 14.4. The molecule has 0 aliphatic carbocycles. The summed E-state index contributed by atoms with van der Waals surface area (Å²) in [6.45, 7) is 0. The van der Waals surface area contributed by atoms with Crippen LogP contribution in [0.1, 0.15) is 0 Å². The molecule has 5 nitrogen and oxygen atoms in total. The highest BCUT2D eigenvalue weighted by molar-refractivity contribution is 6.15. The van der Waals surface area contributed by atoms with Gasteiger partial charge in [-0.2, -0.15) is 0 Å². The first-order chi connectivity index (χ1) is 30.7. The van der Waals surface area contributed by atoms with Gasteiger partial charge in [0.15, 0.2) is 17.5 Å². The molecule has 0 unspecified atom stereocenters. The van der Waals surface area contributed by atoms with E-state index in [9.17, 15) is 0 Å². The van der Waals surface area contributed by atoms with Crippen molar-refractivity contribution in [2.24, 2.45) is 0 Å². The Morgan fingerprint density at radius 1 is 0.258 bits per heavy atom. The van der Waals surface area contributed by atoms with E-state index in [4.69, 9.17) is 15.0 Å². The Hall–Kier alpha value is -8.41. The quantitative estimate of drug-likeness (QED) is 0.162. The molecule has 0 bridgehead atoms. The predicted molar refractivity (Wildman–Crippen MR) is 256 cm³/mol. The lowest BCUT2D eigenvalue weighted by atomic mass is 9.99. The van der Waals surface area contributed by atoms with Crippen molar-refractivity contribution >= 4 is 43.6 Å². The summed E-state index contributed by atoms with van der Waals surface area (Å²) in [7, 11) is 0. The smallest absolute Gasteiger partial charge is 0.164 e. The molecule has 3 heterocycles. The minimum absolute atomic E-state index is 0.608. The second-order valence-corrected chi connectivity index (χ2v) is 15.6. The van der Waals surface area contributed by atoms with Gasteiger partial charge in [-0.05, 0) is 65.2 Å². The Morgan fingerprint density at radius 2 is 0.742 bits per heavy atom. The van der Waals surface area contributed by atoms with Crippen LogP contribution in [0.25, 0.3) is 111 Å². The van der Waals surface area contributed by atoms with Crippen molar-refractivity contribution in [3.63, 3.8) is 0 Å². The molecule has 9 aromatic carbocycles. The largest absolute Gasteiger partial charge is 0.309 e. The SMILES string of the molecule is c1ccc(-c2cc(-c3nc(-c4ccccc4)nc(-c4ccccc4)n3)cc(-n3c4ccccc4c4cccc(-c5ccc6c7ccccc7n(-c7ccccc7)c6c5)c43)c2)cc1. The van der Waals surface area contributed by atoms with Crippen LogP contribution in [0.15, 0.2) is 224 Å². The highest BCUT2D eigenvalue weighted by Gasteiger charge is 2.21. The average Bonchev–Trinajstić information content (AvgIpc) is 3.87. The molecule has 290 valence electrons. The van der Waals surface area contributed by atoms with Crippen molar-refractivity contribution in [1.29, 1.82) is 0 Å². The standard InChI is InChI=1S/C57H37N5/c1-5-18-38(19-6-1)42-34-43(57-59-55(39-20-7-2-8-21-39)58-56(60-57)40-22-9-3-10-23-40)36-45(35-42)62-52-31-16-14-27-48(52)50-29-17-28-46(54(50)62)41-32-33-49-47-26-13-15-30-51(47)61(53(49)37-41)44-24-11-4-12-25-44/h1-37H. The fourth-order valence-electron chi connectivity index (χ4n) is 9.12. The Bertz CT molecular complexity index is 3550. The van der Waals surface area contributed by atoms with Crippen LogP contribution in [0, 0.1) is 0 Å². The van der Waals surface area contributed by atoms with Crippen molar-refractivity contribution in [3.8, 4) is 67.8 Å². The van der Waals surface area contributed by atoms with E-state index in [2.05, 4.69) is 197 Å². The summed E-state index contributed by atoms with van der Waals surface area (Å²) in [4.78, 5) is 15.4. The fraction of sp³-hybridized carbons (Fsp3) is 0. The molecule has 12 aromatic rings. The molecular weight excluding hydrogens is 755 g/mol. The molecule has 0 saturated carbocycles. The molecule has 5 heteroatoms. The molecule has 0 aliphatic heterocycles. The average molecular weight is 792 g/mol. The first kappa shape index (κ1) is 35.5. The van der Waals surface area contributed by atoms with Crippen LogP contribution >= 0.6 is 0 Å². The van der Waals surface area contributed by atoms with Crippen LogP contribution in [0.5, 0.6) is 0 Å². The zero-order valence-electron chi connectivity index (χ0n) is 33.6. The van der Waals surface area contributed by atoms with E-state index in [0.29, 0.717) is 17.5 Å². The minimum Gasteiger partial charge on any atom is -0.309 e. The van der Waals surface area contributed by atoms with Crippen LogP contribution in [0.4, 0.5) is 0 Å². The molecule has 0 amide bonds. The fourth-order valence-corrected chi connectivity index (χ4v) is 9.12. The van der Waals surface area contributed by atoms with Crippen molar-refractivity contribution in [2.45, 2.75) is 0 Å². The topological polar surface area (TPSA) is 48.5 Å². The summed E-state index contributed by atoms with van der Waals surface area (Å²) in [5.41, 5.74) is 14.0. The summed E-state index contributed by atoms with van der Waals surface area (Å²) >= 11 is 0. The summed E-state index contributed by atoms with van der Waals surface area (Å²) in [5.74, 6) is 1.86. The van der Waals surface area contributed by atoms with Crippen molar-refractivity contribution in [3.05, 3.63) is 224 Å². The number of para-hydroxylation sites is 4. The molecule has 12 rings (SSSR count). The van der Waals surface area contributed by atoms with Gasteiger partial charge in [0, 0.05) is 55.2 Å². The van der Waals surface area contributed by atoms with E-state index in [1.54, 1.807) is 0 Å². The zero-order chi connectivity index (χ0) is 41.0. The monoisotopic (exact) mass is 791 g/mol. The maximum atomic E-state index is 5.19. The third kappa shape index (κ3) is 5.98. The molecule has 0 aliphatic rings. The highest BCUT2D eigenvalue weighted by Crippen LogP contribution is 2.42. The number of hydrogen-bond donors (Lipinski definition) is 0. The second kappa shape index (κ2) is 14.7. The summed E-state index contributed by atoms with van der Waals surface area (Å²) in [6.07, 6.45) is 0. The maximum absolute atomic E-state index is 5.19. The Morgan fingerprint density at radius 3 is 1.39 bits per heavy atom. The van der Waals surface area contributed by atoms with Crippen molar-refractivity contribution < 1.29 is 0 Å². The molecule has 0 saturated heterocycles. The summed E-state index contributed by atoms with van der Waals surface area (Å²) in [6, 6.07) is 79.4. The highest BCUT2D eigenvalue weighted by atomic mass is 15.0. The summed E-state index contributed by atoms with van der Waals surface area (Å²) < 4.78 is 4.83. The Balaban J connectivity index is 1.13. The van der Waals surface area contributed by atoms with Crippen LogP contribution in [0.2, 0.25) is 0 Å². The van der Waals surface area contributed by atoms with E-state index in [0.717, 1.165) is 61.4 Å².